The van der Waals surface area contributed by atoms with E-state index >= 15 is 0 Å². The Kier molecular flexibility index (Phi) is 4.81. The summed E-state index contributed by atoms with van der Waals surface area (Å²) in [6.45, 7) is 2.02. The van der Waals surface area contributed by atoms with Crippen molar-refractivity contribution >= 4 is 35.0 Å². The minimum absolute atomic E-state index is 0.262. The van der Waals surface area contributed by atoms with Crippen LogP contribution in [0.1, 0.15) is 17.3 Å². The summed E-state index contributed by atoms with van der Waals surface area (Å²) in [5.74, 6) is -0.471. The third-order valence-corrected chi connectivity index (χ3v) is 3.82. The lowest BCUT2D eigenvalue weighted by atomic mass is 10.2. The van der Waals surface area contributed by atoms with Gasteiger partial charge in [-0.05, 0) is 36.9 Å². The first-order chi connectivity index (χ1) is 9.63. The number of nitrogens with zero attached hydrogens (tertiary/aromatic N) is 2. The fourth-order valence-electron chi connectivity index (χ4n) is 1.46. The van der Waals surface area contributed by atoms with Crippen LogP contribution in [0.4, 0.5) is 5.69 Å². The van der Waals surface area contributed by atoms with E-state index in [1.165, 1.54) is 24.0 Å². The third-order valence-electron chi connectivity index (χ3n) is 2.37. The summed E-state index contributed by atoms with van der Waals surface area (Å²) in [7, 11) is 0. The molecule has 0 aliphatic rings. The number of pyridine rings is 2. The molecule has 0 aromatic carbocycles. The molecule has 0 aliphatic carbocycles. The van der Waals surface area contributed by atoms with Gasteiger partial charge >= 0.3 is 5.97 Å². The molecule has 0 atom stereocenters. The Labute approximate surface area is 125 Å². The number of hydrogen-bond donors (Lipinski definition) is 1. The Morgan fingerprint density at radius 3 is 2.80 bits per heavy atom. The van der Waals surface area contributed by atoms with Crippen molar-refractivity contribution in [3.63, 3.8) is 0 Å². The molecular weight excluding hydrogens is 298 g/mol. The topological polar surface area (TPSA) is 78.1 Å². The highest BCUT2D eigenvalue weighted by molar-refractivity contribution is 7.99. The van der Waals surface area contributed by atoms with E-state index in [4.69, 9.17) is 22.1 Å². The standard InChI is InChI=1S/C13H12ClN3O2S/c1-2-19-13(18)8-5-7-17-12(10(8)15)20-11-9(14)4-3-6-16-11/h3-7H,2,15H2,1H3. The van der Waals surface area contributed by atoms with Gasteiger partial charge in [-0.2, -0.15) is 0 Å². The summed E-state index contributed by atoms with van der Waals surface area (Å²) >= 11 is 7.24. The van der Waals surface area contributed by atoms with E-state index in [0.717, 1.165) is 0 Å². The van der Waals surface area contributed by atoms with Crippen LogP contribution in [0.3, 0.4) is 0 Å². The lowest BCUT2D eigenvalue weighted by molar-refractivity contribution is 0.0527. The van der Waals surface area contributed by atoms with Gasteiger partial charge in [0.25, 0.3) is 0 Å². The van der Waals surface area contributed by atoms with Crippen LogP contribution in [-0.2, 0) is 4.74 Å². The van der Waals surface area contributed by atoms with Crippen molar-refractivity contribution in [3.8, 4) is 0 Å². The van der Waals surface area contributed by atoms with Crippen molar-refractivity contribution in [1.29, 1.82) is 0 Å². The molecule has 5 nitrogen and oxygen atoms in total. The van der Waals surface area contributed by atoms with Gasteiger partial charge in [-0.1, -0.05) is 11.6 Å². The zero-order chi connectivity index (χ0) is 14.5. The Hall–Kier alpha value is -1.79. The molecule has 0 fully saturated rings. The SMILES string of the molecule is CCOC(=O)c1ccnc(Sc2ncccc2Cl)c1N. The van der Waals surface area contributed by atoms with E-state index in [-0.39, 0.29) is 17.9 Å². The predicted molar refractivity (Wildman–Crippen MR) is 78.0 cm³/mol. The number of nitrogen functional groups attached to an aromatic ring is 1. The largest absolute Gasteiger partial charge is 0.462 e. The second-order valence-electron chi connectivity index (χ2n) is 3.69. The normalized spacial score (nSPS) is 10.3. The highest BCUT2D eigenvalue weighted by Crippen LogP contribution is 2.34. The lowest BCUT2D eigenvalue weighted by Crippen LogP contribution is -2.09. The van der Waals surface area contributed by atoms with Gasteiger partial charge in [-0.25, -0.2) is 14.8 Å². The Morgan fingerprint density at radius 2 is 2.10 bits per heavy atom. The fraction of sp³-hybridized carbons (Fsp3) is 0.154. The molecule has 0 saturated carbocycles. The minimum Gasteiger partial charge on any atom is -0.462 e. The summed E-state index contributed by atoms with van der Waals surface area (Å²) in [4.78, 5) is 20.1. The van der Waals surface area contributed by atoms with E-state index in [9.17, 15) is 4.79 Å². The molecule has 2 aromatic heterocycles. The fourth-order valence-corrected chi connectivity index (χ4v) is 2.49. The average molecular weight is 310 g/mol. The number of aromatic nitrogens is 2. The summed E-state index contributed by atoms with van der Waals surface area (Å²) in [6, 6.07) is 4.98. The van der Waals surface area contributed by atoms with E-state index in [1.807, 2.05) is 0 Å². The Balaban J connectivity index is 2.32. The summed E-state index contributed by atoms with van der Waals surface area (Å²) in [6.07, 6.45) is 3.13. The van der Waals surface area contributed by atoms with Gasteiger partial charge < -0.3 is 10.5 Å². The van der Waals surface area contributed by atoms with Crippen molar-refractivity contribution < 1.29 is 9.53 Å². The van der Waals surface area contributed by atoms with Gasteiger partial charge in [-0.15, -0.1) is 0 Å². The molecular formula is C13H12ClN3O2S. The van der Waals surface area contributed by atoms with Crippen molar-refractivity contribution in [2.75, 3.05) is 12.3 Å². The zero-order valence-corrected chi connectivity index (χ0v) is 12.2. The number of ether oxygens (including phenoxy) is 1. The highest BCUT2D eigenvalue weighted by atomic mass is 35.5. The smallest absolute Gasteiger partial charge is 0.340 e. The van der Waals surface area contributed by atoms with E-state index in [0.29, 0.717) is 15.1 Å². The number of rotatable bonds is 4. The maximum atomic E-state index is 11.8. The van der Waals surface area contributed by atoms with E-state index < -0.39 is 5.97 Å². The third kappa shape index (κ3) is 3.20. The number of halogens is 1. The molecule has 0 unspecified atom stereocenters. The second kappa shape index (κ2) is 6.58. The number of esters is 1. The molecule has 2 aromatic rings. The summed E-state index contributed by atoms with van der Waals surface area (Å²) < 4.78 is 4.94. The summed E-state index contributed by atoms with van der Waals surface area (Å²) in [5.41, 5.74) is 6.51. The molecule has 7 heteroatoms. The molecule has 2 rings (SSSR count). The number of nitrogens with two attached hydrogens (primary N) is 1. The molecule has 0 radical (unpaired) electrons. The van der Waals surface area contributed by atoms with Crippen molar-refractivity contribution in [1.82, 2.24) is 9.97 Å². The first-order valence-electron chi connectivity index (χ1n) is 5.83. The molecule has 0 spiro atoms. The molecule has 0 amide bonds. The molecule has 0 aliphatic heterocycles. The van der Waals surface area contributed by atoms with Crippen LogP contribution in [0.15, 0.2) is 40.6 Å². The van der Waals surface area contributed by atoms with Gasteiger partial charge in [0.15, 0.2) is 0 Å². The second-order valence-corrected chi connectivity index (χ2v) is 5.07. The molecule has 104 valence electrons. The number of carbonyl (C=O) groups excluding carboxylic acids is 1. The molecule has 2 heterocycles. The van der Waals surface area contributed by atoms with Gasteiger partial charge in [0.2, 0.25) is 0 Å². The quantitative estimate of drug-likeness (QED) is 0.875. The van der Waals surface area contributed by atoms with Crippen LogP contribution < -0.4 is 5.73 Å². The zero-order valence-electron chi connectivity index (χ0n) is 10.7. The number of anilines is 1. The van der Waals surface area contributed by atoms with Crippen LogP contribution in [0.5, 0.6) is 0 Å². The first kappa shape index (κ1) is 14.6. The Bertz CT molecular complexity index is 637. The van der Waals surface area contributed by atoms with E-state index in [2.05, 4.69) is 9.97 Å². The van der Waals surface area contributed by atoms with Crippen LogP contribution in [-0.4, -0.2) is 22.5 Å². The molecule has 0 saturated heterocycles. The molecule has 2 N–H and O–H groups in total. The minimum atomic E-state index is -0.471. The van der Waals surface area contributed by atoms with Crippen molar-refractivity contribution in [3.05, 3.63) is 41.2 Å². The molecule has 0 bridgehead atoms. The number of hydrogen-bond acceptors (Lipinski definition) is 6. The van der Waals surface area contributed by atoms with Crippen molar-refractivity contribution in [2.45, 2.75) is 17.0 Å². The monoisotopic (exact) mass is 309 g/mol. The average Bonchev–Trinajstić information content (AvgIpc) is 2.43. The van der Waals surface area contributed by atoms with Crippen molar-refractivity contribution in [2.24, 2.45) is 0 Å². The molecule has 20 heavy (non-hydrogen) atoms. The highest BCUT2D eigenvalue weighted by Gasteiger charge is 2.16. The number of carbonyl (C=O) groups is 1. The maximum Gasteiger partial charge on any atom is 0.340 e. The van der Waals surface area contributed by atoms with Gasteiger partial charge in [0.05, 0.1) is 22.9 Å². The van der Waals surface area contributed by atoms with Gasteiger partial charge in [0, 0.05) is 12.4 Å². The summed E-state index contributed by atoms with van der Waals surface area (Å²) in [5, 5.41) is 1.55. The van der Waals surface area contributed by atoms with Crippen LogP contribution in [0, 0.1) is 0 Å². The van der Waals surface area contributed by atoms with Crippen LogP contribution >= 0.6 is 23.4 Å². The Morgan fingerprint density at radius 1 is 1.35 bits per heavy atom. The lowest BCUT2D eigenvalue weighted by Gasteiger charge is -2.09. The van der Waals surface area contributed by atoms with Crippen LogP contribution in [0.2, 0.25) is 5.02 Å². The predicted octanol–water partition coefficient (Wildman–Crippen LogP) is 3.04. The van der Waals surface area contributed by atoms with E-state index in [1.54, 1.807) is 25.3 Å². The van der Waals surface area contributed by atoms with Crippen LogP contribution in [0.25, 0.3) is 0 Å². The van der Waals surface area contributed by atoms with Gasteiger partial charge in [-0.3, -0.25) is 0 Å². The first-order valence-corrected chi connectivity index (χ1v) is 7.03. The van der Waals surface area contributed by atoms with Gasteiger partial charge in [0.1, 0.15) is 10.1 Å². The maximum absolute atomic E-state index is 11.8.